The molecular formula is C21H29NO2. The molecule has 0 aromatic heterocycles. The Morgan fingerprint density at radius 1 is 1.33 bits per heavy atom. The van der Waals surface area contributed by atoms with Crippen molar-refractivity contribution in [3.05, 3.63) is 35.3 Å². The Morgan fingerprint density at radius 2 is 2.12 bits per heavy atom. The van der Waals surface area contributed by atoms with Crippen molar-refractivity contribution in [2.24, 2.45) is 34.3 Å². The molecular weight excluding hydrogens is 298 g/mol. The Balaban J connectivity index is 1.77. The highest BCUT2D eigenvalue weighted by molar-refractivity contribution is 5.67. The zero-order valence-electron chi connectivity index (χ0n) is 15.1. The maximum atomic E-state index is 11.7. The van der Waals surface area contributed by atoms with Gasteiger partial charge in [0.25, 0.3) is 0 Å². The van der Waals surface area contributed by atoms with Gasteiger partial charge in [-0.1, -0.05) is 32.1 Å². The van der Waals surface area contributed by atoms with Gasteiger partial charge in [0.1, 0.15) is 5.76 Å². The summed E-state index contributed by atoms with van der Waals surface area (Å²) in [7, 11) is 0. The van der Waals surface area contributed by atoms with Crippen LogP contribution < -0.4 is 5.73 Å². The first-order valence-corrected chi connectivity index (χ1v) is 9.41. The largest absolute Gasteiger partial charge is 0.431 e. The molecule has 4 aliphatic carbocycles. The van der Waals surface area contributed by atoms with Crippen LogP contribution in [0.3, 0.4) is 0 Å². The second-order valence-corrected chi connectivity index (χ2v) is 8.65. The van der Waals surface area contributed by atoms with Crippen molar-refractivity contribution < 1.29 is 9.53 Å². The number of hydrogen-bond acceptors (Lipinski definition) is 3. The van der Waals surface area contributed by atoms with E-state index in [1.54, 1.807) is 0 Å². The van der Waals surface area contributed by atoms with E-state index in [2.05, 4.69) is 32.1 Å². The van der Waals surface area contributed by atoms with Gasteiger partial charge in [0, 0.05) is 29.9 Å². The molecule has 0 spiro atoms. The second-order valence-electron chi connectivity index (χ2n) is 8.65. The predicted octanol–water partition coefficient (Wildman–Crippen LogP) is 4.46. The smallest absolute Gasteiger partial charge is 0.307 e. The van der Waals surface area contributed by atoms with Gasteiger partial charge in [-0.25, -0.2) is 0 Å². The molecule has 0 heterocycles. The van der Waals surface area contributed by atoms with Crippen LogP contribution >= 0.6 is 0 Å². The third kappa shape index (κ3) is 2.06. The average Bonchev–Trinajstić information content (AvgIpc) is 2.82. The number of hydrogen-bond donors (Lipinski definition) is 1. The summed E-state index contributed by atoms with van der Waals surface area (Å²) in [5.74, 6) is 2.55. The first kappa shape index (κ1) is 16.0. The summed E-state index contributed by atoms with van der Waals surface area (Å²) in [6, 6.07) is 0. The quantitative estimate of drug-likeness (QED) is 0.571. The highest BCUT2D eigenvalue weighted by Crippen LogP contribution is 2.64. The van der Waals surface area contributed by atoms with Gasteiger partial charge in [0.05, 0.1) is 0 Å². The third-order valence-electron chi connectivity index (χ3n) is 7.55. The summed E-state index contributed by atoms with van der Waals surface area (Å²) < 4.78 is 5.74. The van der Waals surface area contributed by atoms with E-state index in [4.69, 9.17) is 10.5 Å². The Hall–Kier alpha value is -1.51. The highest BCUT2D eigenvalue weighted by atomic mass is 16.5. The lowest BCUT2D eigenvalue weighted by molar-refractivity contribution is -0.138. The van der Waals surface area contributed by atoms with E-state index in [0.29, 0.717) is 17.8 Å². The van der Waals surface area contributed by atoms with Crippen LogP contribution in [-0.4, -0.2) is 5.97 Å². The summed E-state index contributed by atoms with van der Waals surface area (Å²) in [5.41, 5.74) is 9.02. The lowest BCUT2D eigenvalue weighted by Crippen LogP contribution is -2.49. The van der Waals surface area contributed by atoms with Crippen molar-refractivity contribution in [3.63, 3.8) is 0 Å². The van der Waals surface area contributed by atoms with Gasteiger partial charge >= 0.3 is 5.97 Å². The maximum Gasteiger partial charge on any atom is 0.307 e. The van der Waals surface area contributed by atoms with Crippen molar-refractivity contribution >= 4 is 5.97 Å². The summed E-state index contributed by atoms with van der Waals surface area (Å²) in [6.45, 7) is 6.24. The van der Waals surface area contributed by atoms with Gasteiger partial charge in [0.15, 0.2) is 0 Å². The van der Waals surface area contributed by atoms with Crippen LogP contribution in [-0.2, 0) is 9.53 Å². The molecule has 0 aromatic carbocycles. The summed E-state index contributed by atoms with van der Waals surface area (Å²) in [6.07, 6.45) is 13.4. The lowest BCUT2D eigenvalue weighted by atomic mass is 9.48. The molecule has 130 valence electrons. The Bertz CT molecular complexity index is 673. The molecule has 0 aromatic rings. The Morgan fingerprint density at radius 3 is 2.88 bits per heavy atom. The SMILES string of the molecule is CC(=O)OC1=C2CCC=C[C@]2(C)[C@H]2CC[C@]3(C)C(N)=CC[C@H]3[C@@H]2C1. The minimum Gasteiger partial charge on any atom is -0.431 e. The zero-order chi connectivity index (χ0) is 17.1. The van der Waals surface area contributed by atoms with Crippen LogP contribution in [0.1, 0.15) is 59.3 Å². The van der Waals surface area contributed by atoms with Gasteiger partial charge < -0.3 is 10.5 Å². The molecule has 0 saturated heterocycles. The summed E-state index contributed by atoms with van der Waals surface area (Å²) in [4.78, 5) is 11.7. The highest BCUT2D eigenvalue weighted by Gasteiger charge is 2.57. The van der Waals surface area contributed by atoms with Gasteiger partial charge in [0.2, 0.25) is 0 Å². The Kier molecular flexibility index (Phi) is 3.49. The molecule has 5 atom stereocenters. The number of fused-ring (bicyclic) bond motifs is 5. The van der Waals surface area contributed by atoms with E-state index in [-0.39, 0.29) is 16.8 Å². The van der Waals surface area contributed by atoms with Crippen molar-refractivity contribution in [3.8, 4) is 0 Å². The first-order chi connectivity index (χ1) is 11.4. The van der Waals surface area contributed by atoms with E-state index in [1.165, 1.54) is 25.3 Å². The van der Waals surface area contributed by atoms with Crippen LogP contribution in [0.25, 0.3) is 0 Å². The number of rotatable bonds is 1. The molecule has 0 aliphatic heterocycles. The fourth-order valence-electron chi connectivity index (χ4n) is 6.24. The molecule has 0 amide bonds. The van der Waals surface area contributed by atoms with Crippen molar-refractivity contribution in [2.75, 3.05) is 0 Å². The van der Waals surface area contributed by atoms with Crippen molar-refractivity contribution in [1.29, 1.82) is 0 Å². The third-order valence-corrected chi connectivity index (χ3v) is 7.55. The molecule has 0 unspecified atom stereocenters. The lowest BCUT2D eigenvalue weighted by Gasteiger charge is -2.56. The van der Waals surface area contributed by atoms with Crippen LogP contribution in [0.15, 0.2) is 35.3 Å². The predicted molar refractivity (Wildman–Crippen MR) is 94.6 cm³/mol. The van der Waals surface area contributed by atoms with Crippen LogP contribution in [0.2, 0.25) is 0 Å². The van der Waals surface area contributed by atoms with Gasteiger partial charge in [-0.05, 0) is 55.4 Å². The molecule has 24 heavy (non-hydrogen) atoms. The number of allylic oxidation sites excluding steroid dienone is 6. The minimum absolute atomic E-state index is 0.0463. The topological polar surface area (TPSA) is 52.3 Å². The van der Waals surface area contributed by atoms with Gasteiger partial charge in [-0.2, -0.15) is 0 Å². The van der Waals surface area contributed by atoms with Crippen LogP contribution in [0.4, 0.5) is 0 Å². The normalized spacial score (nSPS) is 43.6. The fraction of sp³-hybridized carbons (Fsp3) is 0.667. The Labute approximate surface area is 145 Å². The number of carbonyl (C=O) groups is 1. The molecule has 2 N–H and O–H groups in total. The number of esters is 1. The molecule has 0 bridgehead atoms. The van der Waals surface area contributed by atoms with Gasteiger partial charge in [-0.15, -0.1) is 0 Å². The molecule has 4 rings (SSSR count). The van der Waals surface area contributed by atoms with E-state index >= 15 is 0 Å². The van der Waals surface area contributed by atoms with E-state index < -0.39 is 0 Å². The molecule has 3 heteroatoms. The number of carbonyl (C=O) groups excluding carboxylic acids is 1. The number of nitrogens with two attached hydrogens (primary N) is 1. The second kappa shape index (κ2) is 5.24. The minimum atomic E-state index is -0.185. The van der Waals surface area contributed by atoms with E-state index in [1.807, 2.05) is 0 Å². The van der Waals surface area contributed by atoms with E-state index in [9.17, 15) is 4.79 Å². The molecule has 1 fully saturated rings. The van der Waals surface area contributed by atoms with Crippen molar-refractivity contribution in [1.82, 2.24) is 0 Å². The fourth-order valence-corrected chi connectivity index (χ4v) is 6.24. The molecule has 1 saturated carbocycles. The van der Waals surface area contributed by atoms with Crippen LogP contribution in [0.5, 0.6) is 0 Å². The summed E-state index contributed by atoms with van der Waals surface area (Å²) in [5, 5.41) is 0. The molecule has 0 radical (unpaired) electrons. The average molecular weight is 327 g/mol. The van der Waals surface area contributed by atoms with Crippen molar-refractivity contribution in [2.45, 2.75) is 59.3 Å². The van der Waals surface area contributed by atoms with Crippen LogP contribution in [0, 0.1) is 28.6 Å². The maximum absolute atomic E-state index is 11.7. The first-order valence-electron chi connectivity index (χ1n) is 9.41. The zero-order valence-corrected chi connectivity index (χ0v) is 15.1. The van der Waals surface area contributed by atoms with Gasteiger partial charge in [-0.3, -0.25) is 4.79 Å². The monoisotopic (exact) mass is 327 g/mol. The standard InChI is InChI=1S/C21H29NO2/c1-13(23)24-18-12-14-15-7-8-19(22)21(15,3)11-9-16(14)20(2)10-5-4-6-17(18)20/h5,8,10,14-16H,4,6-7,9,11-12,22H2,1-3H3/t14-,15-,16-,20+,21-/m0/s1. The molecule has 3 nitrogen and oxygen atoms in total. The summed E-state index contributed by atoms with van der Waals surface area (Å²) >= 11 is 0. The molecule has 4 aliphatic rings. The van der Waals surface area contributed by atoms with E-state index in [0.717, 1.165) is 37.1 Å². The number of ether oxygens (including phenoxy) is 1.